The lowest BCUT2D eigenvalue weighted by Gasteiger charge is -2.49. The molecule has 2 aliphatic rings. The third-order valence-electron chi connectivity index (χ3n) is 5.22. The maximum absolute atomic E-state index is 11.5. The van der Waals surface area contributed by atoms with Crippen molar-refractivity contribution in [2.24, 2.45) is 5.41 Å². The van der Waals surface area contributed by atoms with E-state index in [2.05, 4.69) is 23.6 Å². The molecular weight excluding hydrogens is 272 g/mol. The lowest BCUT2D eigenvalue weighted by atomic mass is 9.72. The van der Waals surface area contributed by atoms with Crippen molar-refractivity contribution in [3.63, 3.8) is 0 Å². The molecule has 2 fully saturated rings. The average Bonchev–Trinajstić information content (AvgIpc) is 2.38. The van der Waals surface area contributed by atoms with Gasteiger partial charge in [-0.25, -0.2) is 8.42 Å². The standard InChI is InChI=1S/C15H30N2O2S/c1-4-16-10-7-15(8-11-16)6-5-9-17(13-15)14(2)12-20(3,18)19/h14H,4-13H2,1-3H3. The van der Waals surface area contributed by atoms with Crippen LogP contribution in [0.25, 0.3) is 0 Å². The monoisotopic (exact) mass is 302 g/mol. The number of nitrogens with zero attached hydrogens (tertiary/aromatic N) is 2. The molecule has 5 heteroatoms. The third kappa shape index (κ3) is 4.18. The molecule has 2 aliphatic heterocycles. The van der Waals surface area contributed by atoms with Gasteiger partial charge in [-0.2, -0.15) is 0 Å². The second-order valence-electron chi connectivity index (χ2n) is 6.95. The Hall–Kier alpha value is -0.130. The Morgan fingerprint density at radius 3 is 2.35 bits per heavy atom. The first-order chi connectivity index (χ1) is 9.34. The summed E-state index contributed by atoms with van der Waals surface area (Å²) in [5, 5.41) is 0. The van der Waals surface area contributed by atoms with Crippen molar-refractivity contribution in [3.05, 3.63) is 0 Å². The molecule has 0 radical (unpaired) electrons. The first-order valence-corrected chi connectivity index (χ1v) is 10.0. The Kier molecular flexibility index (Phi) is 5.14. The molecule has 4 nitrogen and oxygen atoms in total. The van der Waals surface area contributed by atoms with Gasteiger partial charge in [0.05, 0.1) is 5.75 Å². The highest BCUT2D eigenvalue weighted by atomic mass is 32.2. The van der Waals surface area contributed by atoms with Crippen LogP contribution in [0, 0.1) is 5.41 Å². The van der Waals surface area contributed by atoms with E-state index >= 15 is 0 Å². The van der Waals surface area contributed by atoms with Gasteiger partial charge in [0.1, 0.15) is 9.84 Å². The van der Waals surface area contributed by atoms with E-state index in [1.54, 1.807) is 0 Å². The van der Waals surface area contributed by atoms with Crippen LogP contribution in [0.5, 0.6) is 0 Å². The van der Waals surface area contributed by atoms with E-state index in [4.69, 9.17) is 0 Å². The molecule has 1 atom stereocenters. The fourth-order valence-electron chi connectivity index (χ4n) is 3.92. The predicted molar refractivity (Wildman–Crippen MR) is 83.8 cm³/mol. The molecule has 1 spiro atoms. The first kappa shape index (κ1) is 16.2. The quantitative estimate of drug-likeness (QED) is 0.791. The average molecular weight is 302 g/mol. The normalized spacial score (nSPS) is 26.8. The molecule has 1 unspecified atom stereocenters. The molecule has 2 heterocycles. The molecule has 0 bridgehead atoms. The molecule has 0 amide bonds. The van der Waals surface area contributed by atoms with Crippen LogP contribution in [0.15, 0.2) is 0 Å². The zero-order valence-electron chi connectivity index (χ0n) is 13.3. The minimum atomic E-state index is -2.88. The van der Waals surface area contributed by atoms with E-state index < -0.39 is 9.84 Å². The Bertz CT molecular complexity index is 414. The van der Waals surface area contributed by atoms with E-state index in [0.717, 1.165) is 19.6 Å². The molecule has 0 aliphatic carbocycles. The summed E-state index contributed by atoms with van der Waals surface area (Å²) >= 11 is 0. The summed E-state index contributed by atoms with van der Waals surface area (Å²) in [6.07, 6.45) is 6.46. The van der Waals surface area contributed by atoms with E-state index in [1.807, 2.05) is 0 Å². The highest BCUT2D eigenvalue weighted by molar-refractivity contribution is 7.90. The predicted octanol–water partition coefficient (Wildman–Crippen LogP) is 1.62. The van der Waals surface area contributed by atoms with Gasteiger partial charge in [0.2, 0.25) is 0 Å². The van der Waals surface area contributed by atoms with Gasteiger partial charge in [0.15, 0.2) is 0 Å². The number of hydrogen-bond donors (Lipinski definition) is 0. The van der Waals surface area contributed by atoms with E-state index in [1.165, 1.54) is 45.0 Å². The molecule has 2 saturated heterocycles. The summed E-state index contributed by atoms with van der Waals surface area (Å²) in [4.78, 5) is 4.95. The fourth-order valence-corrected chi connectivity index (χ4v) is 5.00. The van der Waals surface area contributed by atoms with Crippen molar-refractivity contribution < 1.29 is 8.42 Å². The minimum absolute atomic E-state index is 0.159. The summed E-state index contributed by atoms with van der Waals surface area (Å²) in [6, 6.07) is 0.159. The van der Waals surface area contributed by atoms with Gasteiger partial charge in [-0.05, 0) is 64.2 Å². The van der Waals surface area contributed by atoms with Crippen molar-refractivity contribution in [2.75, 3.05) is 44.7 Å². The maximum Gasteiger partial charge on any atom is 0.148 e. The number of rotatable bonds is 4. The minimum Gasteiger partial charge on any atom is -0.304 e. The van der Waals surface area contributed by atoms with Gasteiger partial charge >= 0.3 is 0 Å². The molecule has 20 heavy (non-hydrogen) atoms. The smallest absolute Gasteiger partial charge is 0.148 e. The van der Waals surface area contributed by atoms with Crippen LogP contribution in [0.1, 0.15) is 39.5 Å². The first-order valence-electron chi connectivity index (χ1n) is 7.98. The van der Waals surface area contributed by atoms with Gasteiger partial charge in [-0.15, -0.1) is 0 Å². The van der Waals surface area contributed by atoms with Crippen LogP contribution in [0.4, 0.5) is 0 Å². The molecular formula is C15H30N2O2S. The van der Waals surface area contributed by atoms with Crippen LogP contribution < -0.4 is 0 Å². The van der Waals surface area contributed by atoms with Gasteiger partial charge in [-0.3, -0.25) is 4.90 Å². The number of likely N-dealkylation sites (tertiary alicyclic amines) is 2. The Labute approximate surface area is 124 Å². The lowest BCUT2D eigenvalue weighted by Crippen LogP contribution is -2.52. The molecule has 2 rings (SSSR count). The molecule has 0 saturated carbocycles. The van der Waals surface area contributed by atoms with E-state index in [-0.39, 0.29) is 6.04 Å². The zero-order chi connectivity index (χ0) is 14.8. The third-order valence-corrected chi connectivity index (χ3v) is 6.31. The van der Waals surface area contributed by atoms with Crippen molar-refractivity contribution in [2.45, 2.75) is 45.6 Å². The van der Waals surface area contributed by atoms with Gasteiger partial charge in [-0.1, -0.05) is 6.92 Å². The maximum atomic E-state index is 11.5. The second kappa shape index (κ2) is 6.32. The lowest BCUT2D eigenvalue weighted by molar-refractivity contribution is 0.0136. The van der Waals surface area contributed by atoms with Gasteiger partial charge in [0, 0.05) is 18.8 Å². The summed E-state index contributed by atoms with van der Waals surface area (Å²) in [5.41, 5.74) is 0.454. The van der Waals surface area contributed by atoms with E-state index in [9.17, 15) is 8.42 Å². The largest absolute Gasteiger partial charge is 0.304 e. The van der Waals surface area contributed by atoms with Crippen LogP contribution in [-0.4, -0.2) is 69.0 Å². The highest BCUT2D eigenvalue weighted by Crippen LogP contribution is 2.40. The fraction of sp³-hybridized carbons (Fsp3) is 1.00. The van der Waals surface area contributed by atoms with Crippen LogP contribution in [0.3, 0.4) is 0 Å². The van der Waals surface area contributed by atoms with Gasteiger partial charge < -0.3 is 4.90 Å². The molecule has 0 aromatic carbocycles. The summed E-state index contributed by atoms with van der Waals surface area (Å²) < 4.78 is 23.0. The molecule has 0 aromatic rings. The highest BCUT2D eigenvalue weighted by Gasteiger charge is 2.39. The van der Waals surface area contributed by atoms with Crippen molar-refractivity contribution in [1.82, 2.24) is 9.80 Å². The van der Waals surface area contributed by atoms with Crippen LogP contribution in [-0.2, 0) is 9.84 Å². The van der Waals surface area contributed by atoms with Gasteiger partial charge in [0.25, 0.3) is 0 Å². The molecule has 0 aromatic heterocycles. The molecule has 0 N–H and O–H groups in total. The number of sulfone groups is 1. The molecule has 118 valence electrons. The van der Waals surface area contributed by atoms with Crippen molar-refractivity contribution >= 4 is 9.84 Å². The SMILES string of the molecule is CCN1CCC2(CCCN(C(C)CS(C)(=O)=O)C2)CC1. The van der Waals surface area contributed by atoms with Crippen molar-refractivity contribution in [1.29, 1.82) is 0 Å². The number of hydrogen-bond acceptors (Lipinski definition) is 4. The summed E-state index contributed by atoms with van der Waals surface area (Å²) in [6.45, 7) is 10.1. The summed E-state index contributed by atoms with van der Waals surface area (Å²) in [5.74, 6) is 0.296. The summed E-state index contributed by atoms with van der Waals surface area (Å²) in [7, 11) is -2.88. The Morgan fingerprint density at radius 1 is 1.15 bits per heavy atom. The Morgan fingerprint density at radius 2 is 1.80 bits per heavy atom. The van der Waals surface area contributed by atoms with E-state index in [0.29, 0.717) is 11.2 Å². The Balaban J connectivity index is 1.95. The van der Waals surface area contributed by atoms with Crippen molar-refractivity contribution in [3.8, 4) is 0 Å². The second-order valence-corrected chi connectivity index (χ2v) is 9.13. The zero-order valence-corrected chi connectivity index (χ0v) is 14.1. The van der Waals surface area contributed by atoms with Crippen LogP contribution in [0.2, 0.25) is 0 Å². The number of piperidine rings is 2. The topological polar surface area (TPSA) is 40.6 Å². The van der Waals surface area contributed by atoms with Crippen LogP contribution >= 0.6 is 0 Å².